The molecule has 1 N–H and O–H groups in total. The summed E-state index contributed by atoms with van der Waals surface area (Å²) in [6.07, 6.45) is 0.751. The predicted molar refractivity (Wildman–Crippen MR) is 125 cm³/mol. The number of amides is 1. The lowest BCUT2D eigenvalue weighted by Gasteiger charge is -2.24. The molecule has 1 amide bonds. The number of hydrogen-bond donors (Lipinski definition) is 1. The van der Waals surface area contributed by atoms with Crippen LogP contribution in [0.25, 0.3) is 0 Å². The van der Waals surface area contributed by atoms with Crippen molar-refractivity contribution in [2.45, 2.75) is 19.6 Å². The minimum atomic E-state index is -0.778. The van der Waals surface area contributed by atoms with Crippen molar-refractivity contribution in [1.82, 2.24) is 5.43 Å². The first-order chi connectivity index (χ1) is 16.1. The number of hydrogen-bond acceptors (Lipinski definition) is 6. The van der Waals surface area contributed by atoms with Gasteiger partial charge in [-0.05, 0) is 60.5 Å². The Morgan fingerprint density at radius 1 is 1.09 bits per heavy atom. The molecule has 0 aliphatic carbocycles. The predicted octanol–water partition coefficient (Wildman–Crippen LogP) is 4.61. The molecule has 7 nitrogen and oxygen atoms in total. The molecule has 0 fully saturated rings. The van der Waals surface area contributed by atoms with Crippen molar-refractivity contribution in [2.75, 3.05) is 13.2 Å². The number of carbonyl (C=O) groups excluding carboxylic acids is 1. The van der Waals surface area contributed by atoms with E-state index in [4.69, 9.17) is 30.5 Å². The molecule has 1 aliphatic heterocycles. The fraction of sp³-hybridized carbons (Fsp3) is 0.200. The standard InChI is InChI=1S/C25H23ClN2O5/c1-2-30-23-13-18(9-12-21(23)31-15-17-7-10-19(26)11-8-17)14-27-28-25(29)24-16-32-20-5-3-4-6-22(20)33-24/h3-14,24H,2,15-16H2,1H3,(H,28,29)/b27-14-/t24-/m1/s1. The van der Waals surface area contributed by atoms with Crippen molar-refractivity contribution in [3.63, 3.8) is 0 Å². The van der Waals surface area contributed by atoms with Gasteiger partial charge in [-0.15, -0.1) is 0 Å². The first kappa shape index (κ1) is 22.5. The van der Waals surface area contributed by atoms with Gasteiger partial charge in [-0.2, -0.15) is 5.10 Å². The van der Waals surface area contributed by atoms with Crippen LogP contribution in [0, 0.1) is 0 Å². The zero-order chi connectivity index (χ0) is 23.0. The second-order valence-electron chi connectivity index (χ2n) is 7.15. The van der Waals surface area contributed by atoms with Gasteiger partial charge in [-0.1, -0.05) is 35.9 Å². The van der Waals surface area contributed by atoms with Gasteiger partial charge in [0, 0.05) is 5.02 Å². The number of nitrogens with zero attached hydrogens (tertiary/aromatic N) is 1. The van der Waals surface area contributed by atoms with Gasteiger partial charge in [0.15, 0.2) is 23.0 Å². The lowest BCUT2D eigenvalue weighted by Crippen LogP contribution is -2.42. The van der Waals surface area contributed by atoms with E-state index in [-0.39, 0.29) is 6.61 Å². The zero-order valence-corrected chi connectivity index (χ0v) is 18.7. The molecular formula is C25H23ClN2O5. The SMILES string of the molecule is CCOc1cc(/C=N\NC(=O)[C@H]2COc3ccccc3O2)ccc1OCc1ccc(Cl)cc1. The molecule has 0 saturated carbocycles. The normalized spacial score (nSPS) is 14.7. The Kier molecular flexibility index (Phi) is 7.32. The van der Waals surface area contributed by atoms with Crippen molar-refractivity contribution in [3.8, 4) is 23.0 Å². The van der Waals surface area contributed by atoms with Crippen LogP contribution in [-0.2, 0) is 11.4 Å². The fourth-order valence-corrected chi connectivity index (χ4v) is 3.25. The van der Waals surface area contributed by atoms with Crippen LogP contribution in [0.15, 0.2) is 71.8 Å². The minimum absolute atomic E-state index is 0.118. The molecule has 33 heavy (non-hydrogen) atoms. The van der Waals surface area contributed by atoms with Gasteiger partial charge in [0.1, 0.15) is 13.2 Å². The summed E-state index contributed by atoms with van der Waals surface area (Å²) in [5, 5.41) is 4.71. The second-order valence-corrected chi connectivity index (χ2v) is 7.59. The van der Waals surface area contributed by atoms with Crippen LogP contribution in [0.4, 0.5) is 0 Å². The molecule has 3 aromatic rings. The van der Waals surface area contributed by atoms with E-state index in [1.165, 1.54) is 6.21 Å². The highest BCUT2D eigenvalue weighted by molar-refractivity contribution is 6.30. The molecule has 0 bridgehead atoms. The van der Waals surface area contributed by atoms with Gasteiger partial charge in [0.25, 0.3) is 5.91 Å². The molecule has 1 atom stereocenters. The summed E-state index contributed by atoms with van der Waals surface area (Å²) in [6.45, 7) is 2.88. The highest BCUT2D eigenvalue weighted by atomic mass is 35.5. The van der Waals surface area contributed by atoms with Crippen molar-refractivity contribution in [2.24, 2.45) is 5.10 Å². The maximum Gasteiger partial charge on any atom is 0.284 e. The van der Waals surface area contributed by atoms with Crippen LogP contribution in [-0.4, -0.2) is 31.4 Å². The number of carbonyl (C=O) groups is 1. The van der Waals surface area contributed by atoms with E-state index in [0.29, 0.717) is 41.2 Å². The Labute approximate surface area is 196 Å². The number of hydrazone groups is 1. The summed E-state index contributed by atoms with van der Waals surface area (Å²) >= 11 is 5.93. The first-order valence-electron chi connectivity index (χ1n) is 10.5. The molecule has 1 aliphatic rings. The van der Waals surface area contributed by atoms with E-state index >= 15 is 0 Å². The zero-order valence-electron chi connectivity index (χ0n) is 18.0. The van der Waals surface area contributed by atoms with E-state index in [9.17, 15) is 4.79 Å². The molecule has 3 aromatic carbocycles. The summed E-state index contributed by atoms with van der Waals surface area (Å²) in [5.41, 5.74) is 4.22. The molecule has 0 aromatic heterocycles. The van der Waals surface area contributed by atoms with Gasteiger partial charge in [0.05, 0.1) is 12.8 Å². The molecule has 170 valence electrons. The van der Waals surface area contributed by atoms with Crippen LogP contribution in [0.5, 0.6) is 23.0 Å². The number of halogens is 1. The number of para-hydroxylation sites is 2. The first-order valence-corrected chi connectivity index (χ1v) is 10.9. The number of ether oxygens (including phenoxy) is 4. The van der Waals surface area contributed by atoms with E-state index in [1.807, 2.05) is 49.4 Å². The van der Waals surface area contributed by atoms with Crippen molar-refractivity contribution < 1.29 is 23.7 Å². The molecule has 1 heterocycles. The summed E-state index contributed by atoms with van der Waals surface area (Å²) in [7, 11) is 0. The van der Waals surface area contributed by atoms with Crippen LogP contribution in [0.3, 0.4) is 0 Å². The molecule has 8 heteroatoms. The van der Waals surface area contributed by atoms with Crippen molar-refractivity contribution in [3.05, 3.63) is 82.9 Å². The number of benzene rings is 3. The third kappa shape index (κ3) is 5.96. The van der Waals surface area contributed by atoms with Crippen LogP contribution in [0.2, 0.25) is 5.02 Å². The maximum atomic E-state index is 12.4. The van der Waals surface area contributed by atoms with E-state index < -0.39 is 12.0 Å². The molecular weight excluding hydrogens is 444 g/mol. The van der Waals surface area contributed by atoms with Crippen LogP contribution in [0.1, 0.15) is 18.1 Å². The Balaban J connectivity index is 1.35. The lowest BCUT2D eigenvalue weighted by molar-refractivity contribution is -0.130. The second kappa shape index (κ2) is 10.7. The summed E-state index contributed by atoms with van der Waals surface area (Å²) in [5.74, 6) is 1.95. The molecule has 0 saturated heterocycles. The smallest absolute Gasteiger partial charge is 0.284 e. The fourth-order valence-electron chi connectivity index (χ4n) is 3.13. The maximum absolute atomic E-state index is 12.4. The number of nitrogens with one attached hydrogen (secondary N) is 1. The monoisotopic (exact) mass is 466 g/mol. The van der Waals surface area contributed by atoms with Gasteiger partial charge in [0.2, 0.25) is 6.10 Å². The van der Waals surface area contributed by atoms with Crippen LogP contribution < -0.4 is 24.4 Å². The summed E-state index contributed by atoms with van der Waals surface area (Å²) in [4.78, 5) is 12.4. The number of fused-ring (bicyclic) bond motifs is 1. The van der Waals surface area contributed by atoms with Crippen molar-refractivity contribution >= 4 is 23.7 Å². The lowest BCUT2D eigenvalue weighted by atomic mass is 10.2. The average molecular weight is 467 g/mol. The molecule has 4 rings (SSSR count). The van der Waals surface area contributed by atoms with E-state index in [2.05, 4.69) is 10.5 Å². The summed E-state index contributed by atoms with van der Waals surface area (Å²) in [6, 6.07) is 20.1. The van der Waals surface area contributed by atoms with Gasteiger partial charge < -0.3 is 18.9 Å². The average Bonchev–Trinajstić information content (AvgIpc) is 2.84. The number of rotatable bonds is 8. The highest BCUT2D eigenvalue weighted by Gasteiger charge is 2.27. The highest BCUT2D eigenvalue weighted by Crippen LogP contribution is 2.31. The Morgan fingerprint density at radius 3 is 2.67 bits per heavy atom. The third-order valence-corrected chi connectivity index (χ3v) is 5.02. The molecule has 0 spiro atoms. The van der Waals surface area contributed by atoms with E-state index in [1.54, 1.807) is 24.3 Å². The Bertz CT molecular complexity index is 1130. The molecule has 0 radical (unpaired) electrons. The largest absolute Gasteiger partial charge is 0.490 e. The third-order valence-electron chi connectivity index (χ3n) is 4.76. The van der Waals surface area contributed by atoms with Gasteiger partial charge in [-0.3, -0.25) is 4.79 Å². The topological polar surface area (TPSA) is 78.4 Å². The van der Waals surface area contributed by atoms with Crippen molar-refractivity contribution in [1.29, 1.82) is 0 Å². The Hall–Kier alpha value is -3.71. The van der Waals surface area contributed by atoms with Crippen LogP contribution >= 0.6 is 11.6 Å². The van der Waals surface area contributed by atoms with E-state index in [0.717, 1.165) is 11.1 Å². The quantitative estimate of drug-likeness (QED) is 0.387. The van der Waals surface area contributed by atoms with Gasteiger partial charge >= 0.3 is 0 Å². The summed E-state index contributed by atoms with van der Waals surface area (Å²) < 4.78 is 22.9. The molecule has 0 unspecified atom stereocenters. The van der Waals surface area contributed by atoms with Gasteiger partial charge in [-0.25, -0.2) is 5.43 Å². The Morgan fingerprint density at radius 2 is 1.88 bits per heavy atom. The minimum Gasteiger partial charge on any atom is -0.490 e.